The molecule has 1 saturated heterocycles. The number of amides is 1. The minimum Gasteiger partial charge on any atom is -0.411 e. The van der Waals surface area contributed by atoms with Crippen molar-refractivity contribution in [1.82, 2.24) is 20.1 Å². The highest BCUT2D eigenvalue weighted by Crippen LogP contribution is 2.33. The molecule has 0 aliphatic carbocycles. The van der Waals surface area contributed by atoms with Crippen LogP contribution in [0.2, 0.25) is 5.02 Å². The molecule has 1 fully saturated rings. The molecule has 2 aromatic carbocycles. The molecule has 1 amide bonds. The highest BCUT2D eigenvalue weighted by Gasteiger charge is 2.26. The molecule has 7 nitrogen and oxygen atoms in total. The molecule has 0 radical (unpaired) electrons. The van der Waals surface area contributed by atoms with Crippen molar-refractivity contribution in [2.45, 2.75) is 31.3 Å². The second kappa shape index (κ2) is 9.74. The second-order valence-electron chi connectivity index (χ2n) is 8.30. The van der Waals surface area contributed by atoms with Crippen molar-refractivity contribution in [1.29, 1.82) is 0 Å². The number of pyridine rings is 1. The van der Waals surface area contributed by atoms with Crippen LogP contribution >= 0.6 is 23.4 Å². The SMILES string of the molecule is C[C@H]1CN(C(=O)CSc2nnc(-c3cc(-c4ccc(Cl)cc4)nc4ccccc34)o2)C[C@H](C)O1. The molecule has 5 rings (SSSR count). The number of ether oxygens (including phenoxy) is 1. The standard InChI is InChI=1S/C25H23ClN4O3S/c1-15-12-30(13-16(2)32-15)23(31)14-34-25-29-28-24(33-25)20-11-22(17-7-9-18(26)10-8-17)27-21-6-4-3-5-19(20)21/h3-11,15-16H,12-14H2,1-2H3/t15-,16-/m0/s1. The fourth-order valence-electron chi connectivity index (χ4n) is 4.09. The van der Waals surface area contributed by atoms with Crippen LogP contribution in [0.15, 0.2) is 64.2 Å². The monoisotopic (exact) mass is 494 g/mol. The van der Waals surface area contributed by atoms with Gasteiger partial charge in [0, 0.05) is 29.1 Å². The topological polar surface area (TPSA) is 81.4 Å². The molecule has 0 bridgehead atoms. The normalized spacial score (nSPS) is 18.4. The highest BCUT2D eigenvalue weighted by molar-refractivity contribution is 7.99. The summed E-state index contributed by atoms with van der Waals surface area (Å²) in [7, 11) is 0. The first-order chi connectivity index (χ1) is 16.5. The molecular weight excluding hydrogens is 472 g/mol. The van der Waals surface area contributed by atoms with E-state index in [-0.39, 0.29) is 23.9 Å². The summed E-state index contributed by atoms with van der Waals surface area (Å²) in [5.41, 5.74) is 3.33. The highest BCUT2D eigenvalue weighted by atomic mass is 35.5. The minimum absolute atomic E-state index is 0.0301. The zero-order valence-electron chi connectivity index (χ0n) is 18.8. The number of hydrogen-bond acceptors (Lipinski definition) is 7. The van der Waals surface area contributed by atoms with Crippen LogP contribution in [0.3, 0.4) is 0 Å². The molecule has 3 heterocycles. The number of aromatic nitrogens is 3. The molecule has 4 aromatic rings. The van der Waals surface area contributed by atoms with Gasteiger partial charge in [-0.1, -0.05) is 53.7 Å². The van der Waals surface area contributed by atoms with Crippen molar-refractivity contribution in [3.05, 3.63) is 59.6 Å². The first kappa shape index (κ1) is 22.8. The van der Waals surface area contributed by atoms with Gasteiger partial charge in [0.1, 0.15) is 0 Å². The van der Waals surface area contributed by atoms with Gasteiger partial charge in [-0.3, -0.25) is 4.79 Å². The summed E-state index contributed by atoms with van der Waals surface area (Å²) in [4.78, 5) is 19.3. The second-order valence-corrected chi connectivity index (χ2v) is 9.66. The lowest BCUT2D eigenvalue weighted by atomic mass is 10.0. The average molecular weight is 495 g/mol. The predicted octanol–water partition coefficient (Wildman–Crippen LogP) is 5.33. The van der Waals surface area contributed by atoms with Crippen LogP contribution in [0.25, 0.3) is 33.6 Å². The Bertz CT molecular complexity index is 1320. The predicted molar refractivity (Wildman–Crippen MR) is 133 cm³/mol. The first-order valence-corrected chi connectivity index (χ1v) is 12.4. The zero-order chi connectivity index (χ0) is 23.7. The number of carbonyl (C=O) groups excluding carboxylic acids is 1. The Morgan fingerprint density at radius 3 is 2.59 bits per heavy atom. The van der Waals surface area contributed by atoms with E-state index in [4.69, 9.17) is 25.7 Å². The van der Waals surface area contributed by atoms with Gasteiger partial charge in [-0.05, 0) is 38.1 Å². The average Bonchev–Trinajstić information content (AvgIpc) is 3.30. The molecule has 0 unspecified atom stereocenters. The van der Waals surface area contributed by atoms with E-state index in [1.165, 1.54) is 11.8 Å². The van der Waals surface area contributed by atoms with Gasteiger partial charge in [-0.15, -0.1) is 10.2 Å². The van der Waals surface area contributed by atoms with Crippen molar-refractivity contribution in [3.63, 3.8) is 0 Å². The van der Waals surface area contributed by atoms with Gasteiger partial charge in [-0.2, -0.15) is 0 Å². The van der Waals surface area contributed by atoms with Crippen LogP contribution in [0, 0.1) is 0 Å². The number of thioether (sulfide) groups is 1. The van der Waals surface area contributed by atoms with Gasteiger partial charge in [0.25, 0.3) is 5.22 Å². The number of morpholine rings is 1. The maximum absolute atomic E-state index is 12.7. The molecule has 9 heteroatoms. The Labute approximate surface area is 206 Å². The van der Waals surface area contributed by atoms with E-state index >= 15 is 0 Å². The number of nitrogens with zero attached hydrogens (tertiary/aromatic N) is 4. The minimum atomic E-state index is 0.0301. The van der Waals surface area contributed by atoms with Crippen molar-refractivity contribution in [2.75, 3.05) is 18.8 Å². The van der Waals surface area contributed by atoms with Crippen molar-refractivity contribution in [3.8, 4) is 22.7 Å². The molecule has 0 saturated carbocycles. The molecule has 2 aromatic heterocycles. The molecule has 1 aliphatic heterocycles. The van der Waals surface area contributed by atoms with Gasteiger partial charge < -0.3 is 14.1 Å². The Morgan fingerprint density at radius 1 is 1.09 bits per heavy atom. The molecule has 2 atom stereocenters. The van der Waals surface area contributed by atoms with Gasteiger partial charge >= 0.3 is 0 Å². The van der Waals surface area contributed by atoms with E-state index in [1.807, 2.05) is 73.3 Å². The number of hydrogen-bond donors (Lipinski definition) is 0. The Balaban J connectivity index is 1.39. The maximum atomic E-state index is 12.7. The van der Waals surface area contributed by atoms with Crippen molar-refractivity contribution < 1.29 is 13.9 Å². The number of fused-ring (bicyclic) bond motifs is 1. The third-order valence-electron chi connectivity index (χ3n) is 5.58. The smallest absolute Gasteiger partial charge is 0.277 e. The Hall–Kier alpha value is -2.94. The van der Waals surface area contributed by atoms with Crippen LogP contribution in [0.1, 0.15) is 13.8 Å². The molecule has 174 valence electrons. The first-order valence-electron chi connectivity index (χ1n) is 11.0. The van der Waals surface area contributed by atoms with Crippen LogP contribution < -0.4 is 0 Å². The van der Waals surface area contributed by atoms with Crippen LogP contribution in [0.4, 0.5) is 0 Å². The lowest BCUT2D eigenvalue weighted by Gasteiger charge is -2.35. The number of para-hydroxylation sites is 1. The van der Waals surface area contributed by atoms with Crippen LogP contribution in [0.5, 0.6) is 0 Å². The van der Waals surface area contributed by atoms with E-state index in [0.29, 0.717) is 29.2 Å². The lowest BCUT2D eigenvalue weighted by Crippen LogP contribution is -2.48. The fourth-order valence-corrected chi connectivity index (χ4v) is 4.89. The Kier molecular flexibility index (Phi) is 6.54. The van der Waals surface area contributed by atoms with E-state index in [1.54, 1.807) is 0 Å². The summed E-state index contributed by atoms with van der Waals surface area (Å²) < 4.78 is 11.7. The van der Waals surface area contributed by atoms with Gasteiger partial charge in [0.15, 0.2) is 0 Å². The molecule has 0 N–H and O–H groups in total. The number of rotatable bonds is 5. The molecule has 0 spiro atoms. The van der Waals surface area contributed by atoms with E-state index in [9.17, 15) is 4.79 Å². The summed E-state index contributed by atoms with van der Waals surface area (Å²) in [6.07, 6.45) is 0.0602. The van der Waals surface area contributed by atoms with Crippen molar-refractivity contribution in [2.24, 2.45) is 0 Å². The number of benzene rings is 2. The van der Waals surface area contributed by atoms with E-state index in [2.05, 4.69) is 10.2 Å². The molecule has 1 aliphatic rings. The van der Waals surface area contributed by atoms with Gasteiger partial charge in [0.05, 0.1) is 34.7 Å². The Morgan fingerprint density at radius 2 is 1.82 bits per heavy atom. The van der Waals surface area contributed by atoms with Crippen molar-refractivity contribution >= 4 is 40.2 Å². The number of halogens is 1. The third-order valence-corrected chi connectivity index (χ3v) is 6.64. The summed E-state index contributed by atoms with van der Waals surface area (Å²) in [5, 5.41) is 10.4. The van der Waals surface area contributed by atoms with Crippen LogP contribution in [-0.2, 0) is 9.53 Å². The zero-order valence-corrected chi connectivity index (χ0v) is 20.3. The maximum Gasteiger partial charge on any atom is 0.277 e. The van der Waals surface area contributed by atoms with Gasteiger partial charge in [-0.25, -0.2) is 4.98 Å². The fraction of sp³-hybridized carbons (Fsp3) is 0.280. The summed E-state index contributed by atoms with van der Waals surface area (Å²) in [6.45, 7) is 5.14. The van der Waals surface area contributed by atoms with Crippen LogP contribution in [-0.4, -0.2) is 57.0 Å². The largest absolute Gasteiger partial charge is 0.411 e. The quantitative estimate of drug-likeness (QED) is 0.347. The summed E-state index contributed by atoms with van der Waals surface area (Å²) in [6, 6.07) is 17.3. The van der Waals surface area contributed by atoms with Gasteiger partial charge in [0.2, 0.25) is 11.8 Å². The lowest BCUT2D eigenvalue weighted by molar-refractivity contribution is -0.140. The third kappa shape index (κ3) is 4.94. The summed E-state index contributed by atoms with van der Waals surface area (Å²) >= 11 is 7.30. The molecular formula is C25H23ClN4O3S. The van der Waals surface area contributed by atoms with E-state index in [0.717, 1.165) is 27.7 Å². The summed E-state index contributed by atoms with van der Waals surface area (Å²) in [5.74, 6) is 0.650. The van der Waals surface area contributed by atoms with E-state index < -0.39 is 0 Å². The molecule has 34 heavy (non-hydrogen) atoms. The number of carbonyl (C=O) groups is 1.